The number of thiophene rings is 1. The van der Waals surface area contributed by atoms with Gasteiger partial charge in [0.25, 0.3) is 5.91 Å². The van der Waals surface area contributed by atoms with Gasteiger partial charge in [0, 0.05) is 17.1 Å². The topological polar surface area (TPSA) is 49.4 Å². The largest absolute Gasteiger partial charge is 0.329 e. The van der Waals surface area contributed by atoms with E-state index in [-0.39, 0.29) is 18.4 Å². The molecule has 0 aliphatic heterocycles. The smallest absolute Gasteiger partial charge is 0.264 e. The van der Waals surface area contributed by atoms with Gasteiger partial charge in [-0.25, -0.2) is 0 Å². The third-order valence-electron chi connectivity index (χ3n) is 4.15. The normalized spacial score (nSPS) is 10.6. The number of carbonyl (C=O) groups is 2. The number of anilines is 1. The minimum Gasteiger partial charge on any atom is -0.329 e. The third-order valence-corrected chi connectivity index (χ3v) is 5.23. The van der Waals surface area contributed by atoms with Gasteiger partial charge in [0.15, 0.2) is 0 Å². The van der Waals surface area contributed by atoms with Crippen molar-refractivity contribution in [3.8, 4) is 0 Å². The average molecular weight is 359 g/mol. The van der Waals surface area contributed by atoms with E-state index in [4.69, 9.17) is 0 Å². The molecule has 0 aliphatic carbocycles. The van der Waals surface area contributed by atoms with E-state index < -0.39 is 0 Å². The van der Waals surface area contributed by atoms with Crippen molar-refractivity contribution in [3.63, 3.8) is 0 Å². The molecule has 2 amide bonds. The number of aryl methyl sites for hydroxylation is 3. The number of para-hydroxylation sites is 1. The summed E-state index contributed by atoms with van der Waals surface area (Å²) in [5.74, 6) is -0.227. The number of carbonyl (C=O) groups excluding carboxylic acids is 2. The Morgan fingerprint density at radius 1 is 1.16 bits per heavy atom. The molecule has 5 heteroatoms. The van der Waals surface area contributed by atoms with Gasteiger partial charge in [-0.05, 0) is 49.9 Å². The van der Waals surface area contributed by atoms with E-state index in [0.717, 1.165) is 24.1 Å². The summed E-state index contributed by atoms with van der Waals surface area (Å²) in [6, 6.07) is 9.60. The summed E-state index contributed by atoms with van der Waals surface area (Å²) >= 11 is 1.51. The van der Waals surface area contributed by atoms with Crippen LogP contribution in [-0.4, -0.2) is 29.8 Å². The number of nitrogens with one attached hydrogen (secondary N) is 1. The first-order valence-corrected chi connectivity index (χ1v) is 9.52. The van der Waals surface area contributed by atoms with E-state index >= 15 is 0 Å². The summed E-state index contributed by atoms with van der Waals surface area (Å²) < 4.78 is 0. The monoisotopic (exact) mass is 358 g/mol. The molecule has 0 bridgehead atoms. The lowest BCUT2D eigenvalue weighted by molar-refractivity contribution is -0.116. The maximum absolute atomic E-state index is 12.8. The van der Waals surface area contributed by atoms with Gasteiger partial charge >= 0.3 is 0 Å². The van der Waals surface area contributed by atoms with Gasteiger partial charge in [0.2, 0.25) is 5.91 Å². The molecular weight excluding hydrogens is 332 g/mol. The van der Waals surface area contributed by atoms with Gasteiger partial charge < -0.3 is 10.2 Å². The first-order valence-electron chi connectivity index (χ1n) is 8.70. The van der Waals surface area contributed by atoms with Crippen LogP contribution in [0.25, 0.3) is 0 Å². The highest BCUT2D eigenvalue weighted by atomic mass is 32.1. The van der Waals surface area contributed by atoms with Crippen LogP contribution in [0.15, 0.2) is 30.3 Å². The van der Waals surface area contributed by atoms with Crippen LogP contribution in [-0.2, 0) is 11.2 Å². The Labute approximate surface area is 153 Å². The van der Waals surface area contributed by atoms with Crippen molar-refractivity contribution < 1.29 is 9.59 Å². The molecule has 1 heterocycles. The zero-order valence-electron chi connectivity index (χ0n) is 15.4. The zero-order chi connectivity index (χ0) is 18.4. The van der Waals surface area contributed by atoms with Crippen LogP contribution in [0.5, 0.6) is 0 Å². The van der Waals surface area contributed by atoms with Gasteiger partial charge in [-0.15, -0.1) is 11.3 Å². The Morgan fingerprint density at radius 2 is 1.88 bits per heavy atom. The average Bonchev–Trinajstić information content (AvgIpc) is 2.97. The molecule has 1 aromatic heterocycles. The lowest BCUT2D eigenvalue weighted by atomic mass is 10.2. The Hall–Kier alpha value is -2.14. The zero-order valence-corrected chi connectivity index (χ0v) is 16.2. The van der Waals surface area contributed by atoms with Crippen molar-refractivity contribution in [3.05, 3.63) is 51.2 Å². The van der Waals surface area contributed by atoms with E-state index in [1.165, 1.54) is 21.8 Å². The molecule has 0 aliphatic rings. The van der Waals surface area contributed by atoms with Gasteiger partial charge in [-0.1, -0.05) is 32.0 Å². The maximum Gasteiger partial charge on any atom is 0.264 e. The molecule has 4 nitrogen and oxygen atoms in total. The van der Waals surface area contributed by atoms with Gasteiger partial charge in [0.05, 0.1) is 4.88 Å². The molecule has 0 spiro atoms. The fourth-order valence-electron chi connectivity index (χ4n) is 2.73. The van der Waals surface area contributed by atoms with Crippen LogP contribution in [0.2, 0.25) is 0 Å². The first kappa shape index (κ1) is 19.2. The molecule has 0 saturated carbocycles. The molecule has 0 unspecified atom stereocenters. The lowest BCUT2D eigenvalue weighted by Crippen LogP contribution is -2.38. The van der Waals surface area contributed by atoms with Gasteiger partial charge in [0.1, 0.15) is 6.54 Å². The molecule has 2 rings (SSSR count). The lowest BCUT2D eigenvalue weighted by Gasteiger charge is -2.21. The van der Waals surface area contributed by atoms with Crippen molar-refractivity contribution in [2.24, 2.45) is 0 Å². The van der Waals surface area contributed by atoms with Crippen LogP contribution in [0.1, 0.15) is 45.9 Å². The van der Waals surface area contributed by atoms with Crippen molar-refractivity contribution >= 4 is 28.8 Å². The van der Waals surface area contributed by atoms with Gasteiger partial charge in [-0.3, -0.25) is 9.59 Å². The third kappa shape index (κ3) is 4.92. The summed E-state index contributed by atoms with van der Waals surface area (Å²) in [4.78, 5) is 28.8. The van der Waals surface area contributed by atoms with Crippen LogP contribution in [0, 0.1) is 13.8 Å². The van der Waals surface area contributed by atoms with Crippen molar-refractivity contribution in [1.29, 1.82) is 0 Å². The van der Waals surface area contributed by atoms with Crippen molar-refractivity contribution in [2.45, 2.75) is 40.5 Å². The Morgan fingerprint density at radius 3 is 2.48 bits per heavy atom. The SMILES string of the molecule is CCCN(CC(=O)Nc1ccccc1C)C(=O)c1cc(CC)c(C)s1. The molecule has 2 aromatic rings. The predicted octanol–water partition coefficient (Wildman–Crippen LogP) is 4.42. The van der Waals surface area contributed by atoms with E-state index in [1.54, 1.807) is 4.90 Å². The Balaban J connectivity index is 2.10. The summed E-state index contributed by atoms with van der Waals surface area (Å²) in [7, 11) is 0. The molecule has 1 aromatic carbocycles. The Kier molecular flexibility index (Phi) is 6.76. The maximum atomic E-state index is 12.8. The minimum absolute atomic E-state index is 0.0606. The second kappa shape index (κ2) is 8.81. The summed E-state index contributed by atoms with van der Waals surface area (Å²) in [6.07, 6.45) is 1.73. The first-order chi connectivity index (χ1) is 12.0. The van der Waals surface area contributed by atoms with Crippen molar-refractivity contribution in [1.82, 2.24) is 4.90 Å². The highest BCUT2D eigenvalue weighted by Gasteiger charge is 2.21. The standard InChI is InChI=1S/C20H26N2O2S/c1-5-11-22(20(24)18-12-16(6-2)15(4)25-18)13-19(23)21-17-10-8-7-9-14(17)3/h7-10,12H,5-6,11,13H2,1-4H3,(H,21,23). The number of rotatable bonds is 7. The molecule has 0 atom stereocenters. The number of hydrogen-bond acceptors (Lipinski definition) is 3. The Bertz CT molecular complexity index is 752. The van der Waals surface area contributed by atoms with Crippen LogP contribution in [0.4, 0.5) is 5.69 Å². The molecule has 0 fully saturated rings. The minimum atomic E-state index is -0.167. The van der Waals surface area contributed by atoms with E-state index in [1.807, 2.05) is 51.1 Å². The summed E-state index contributed by atoms with van der Waals surface area (Å²) in [6.45, 7) is 8.72. The number of nitrogens with zero attached hydrogens (tertiary/aromatic N) is 1. The van der Waals surface area contributed by atoms with Crippen LogP contribution < -0.4 is 5.32 Å². The second-order valence-electron chi connectivity index (χ2n) is 6.14. The van der Waals surface area contributed by atoms with E-state index in [9.17, 15) is 9.59 Å². The molecule has 1 N–H and O–H groups in total. The highest BCUT2D eigenvalue weighted by Crippen LogP contribution is 2.23. The summed E-state index contributed by atoms with van der Waals surface area (Å²) in [5, 5.41) is 2.90. The highest BCUT2D eigenvalue weighted by molar-refractivity contribution is 7.14. The van der Waals surface area contributed by atoms with Gasteiger partial charge in [-0.2, -0.15) is 0 Å². The molecule has 25 heavy (non-hydrogen) atoms. The van der Waals surface area contributed by atoms with E-state index in [2.05, 4.69) is 12.2 Å². The molecule has 0 saturated heterocycles. The van der Waals surface area contributed by atoms with Crippen LogP contribution in [0.3, 0.4) is 0 Å². The van der Waals surface area contributed by atoms with Crippen LogP contribution >= 0.6 is 11.3 Å². The predicted molar refractivity (Wildman–Crippen MR) is 104 cm³/mol. The molecule has 0 radical (unpaired) electrons. The quantitative estimate of drug-likeness (QED) is 0.796. The molecular formula is C20H26N2O2S. The fraction of sp³-hybridized carbons (Fsp3) is 0.400. The summed E-state index contributed by atoms with van der Waals surface area (Å²) in [5.41, 5.74) is 3.00. The molecule has 134 valence electrons. The number of benzene rings is 1. The van der Waals surface area contributed by atoms with E-state index in [0.29, 0.717) is 11.4 Å². The second-order valence-corrected chi connectivity index (χ2v) is 7.39. The number of amides is 2. The fourth-order valence-corrected chi connectivity index (χ4v) is 3.81. The van der Waals surface area contributed by atoms with Crippen molar-refractivity contribution in [2.75, 3.05) is 18.4 Å². The number of hydrogen-bond donors (Lipinski definition) is 1.